The van der Waals surface area contributed by atoms with E-state index in [1.807, 2.05) is 0 Å². The highest BCUT2D eigenvalue weighted by Crippen LogP contribution is 2.23. The molecule has 0 saturated carbocycles. The number of fused-ring (bicyclic) bond motifs is 1. The third-order valence-corrected chi connectivity index (χ3v) is 3.15. The summed E-state index contributed by atoms with van der Waals surface area (Å²) in [7, 11) is 0. The molecule has 1 saturated heterocycles. The molecule has 1 aliphatic rings. The Morgan fingerprint density at radius 2 is 2.24 bits per heavy atom. The first kappa shape index (κ1) is 12.3. The second kappa shape index (κ2) is 5.02. The molecule has 1 fully saturated rings. The minimum Gasteiger partial charge on any atom is -0.342 e. The summed E-state index contributed by atoms with van der Waals surface area (Å²) in [5.74, 6) is 1.20. The zero-order valence-electron chi connectivity index (χ0n) is 9.37. The highest BCUT2D eigenvalue weighted by molar-refractivity contribution is 5.85. The first-order valence-corrected chi connectivity index (χ1v) is 5.69. The number of piperidine rings is 1. The number of hydrogen-bond acceptors (Lipinski definition) is 2. The normalized spacial score (nSPS) is 20.2. The molecule has 2 aromatic rings. The first-order chi connectivity index (χ1) is 7.83. The van der Waals surface area contributed by atoms with Crippen LogP contribution in [0.5, 0.6) is 0 Å². The van der Waals surface area contributed by atoms with Crippen LogP contribution in [-0.2, 0) is 0 Å². The van der Waals surface area contributed by atoms with Gasteiger partial charge in [-0.15, -0.1) is 12.4 Å². The summed E-state index contributed by atoms with van der Waals surface area (Å²) in [4.78, 5) is 7.73. The van der Waals surface area contributed by atoms with Crippen LogP contribution in [0.15, 0.2) is 18.2 Å². The van der Waals surface area contributed by atoms with Gasteiger partial charge in [0.1, 0.15) is 11.6 Å². The van der Waals surface area contributed by atoms with Crippen LogP contribution in [0.1, 0.15) is 24.6 Å². The molecule has 1 atom stereocenters. The van der Waals surface area contributed by atoms with E-state index >= 15 is 0 Å². The van der Waals surface area contributed by atoms with Crippen LogP contribution in [0.3, 0.4) is 0 Å². The highest BCUT2D eigenvalue weighted by Gasteiger charge is 2.18. The molecule has 1 aromatic carbocycles. The smallest absolute Gasteiger partial charge is 0.125 e. The summed E-state index contributed by atoms with van der Waals surface area (Å²) in [6.07, 6.45) is 2.32. The lowest BCUT2D eigenvalue weighted by atomic mass is 9.99. The Bertz CT molecular complexity index is 505. The molecule has 92 valence electrons. The van der Waals surface area contributed by atoms with E-state index in [9.17, 15) is 4.39 Å². The number of imidazole rings is 1. The molecule has 1 aliphatic heterocycles. The molecule has 0 bridgehead atoms. The molecule has 2 heterocycles. The second-order valence-corrected chi connectivity index (χ2v) is 4.33. The van der Waals surface area contributed by atoms with Crippen LogP contribution in [0.2, 0.25) is 0 Å². The lowest BCUT2D eigenvalue weighted by Crippen LogP contribution is -2.28. The van der Waals surface area contributed by atoms with Crippen molar-refractivity contribution in [2.24, 2.45) is 0 Å². The van der Waals surface area contributed by atoms with Gasteiger partial charge in [0.25, 0.3) is 0 Å². The van der Waals surface area contributed by atoms with E-state index in [0.717, 1.165) is 36.4 Å². The highest BCUT2D eigenvalue weighted by atomic mass is 35.5. The molecule has 17 heavy (non-hydrogen) atoms. The van der Waals surface area contributed by atoms with E-state index in [2.05, 4.69) is 15.3 Å². The topological polar surface area (TPSA) is 40.7 Å². The number of hydrogen-bond donors (Lipinski definition) is 2. The number of aromatic amines is 1. The molecule has 0 radical (unpaired) electrons. The van der Waals surface area contributed by atoms with Gasteiger partial charge in [-0.1, -0.05) is 0 Å². The molecular formula is C12H15ClFN3. The van der Waals surface area contributed by atoms with Crippen LogP contribution in [-0.4, -0.2) is 23.1 Å². The van der Waals surface area contributed by atoms with Gasteiger partial charge in [0.2, 0.25) is 0 Å². The molecule has 0 spiro atoms. The Kier molecular flexibility index (Phi) is 3.64. The minimum absolute atomic E-state index is 0. The van der Waals surface area contributed by atoms with Crippen molar-refractivity contribution in [1.82, 2.24) is 15.3 Å². The maximum absolute atomic E-state index is 13.0. The predicted molar refractivity (Wildman–Crippen MR) is 68.1 cm³/mol. The lowest BCUT2D eigenvalue weighted by Gasteiger charge is -2.20. The van der Waals surface area contributed by atoms with Crippen LogP contribution in [0.25, 0.3) is 11.0 Å². The predicted octanol–water partition coefficient (Wildman–Crippen LogP) is 2.59. The number of aromatic nitrogens is 2. The van der Waals surface area contributed by atoms with Gasteiger partial charge < -0.3 is 10.3 Å². The maximum atomic E-state index is 13.0. The van der Waals surface area contributed by atoms with Crippen LogP contribution < -0.4 is 5.32 Å². The molecule has 0 amide bonds. The fourth-order valence-corrected chi connectivity index (χ4v) is 2.28. The quantitative estimate of drug-likeness (QED) is 0.822. The third kappa shape index (κ3) is 2.42. The summed E-state index contributed by atoms with van der Waals surface area (Å²) in [5.41, 5.74) is 1.64. The van der Waals surface area contributed by atoms with Crippen molar-refractivity contribution < 1.29 is 4.39 Å². The molecule has 5 heteroatoms. The Morgan fingerprint density at radius 1 is 1.35 bits per heavy atom. The van der Waals surface area contributed by atoms with Crippen molar-refractivity contribution in [3.05, 3.63) is 29.8 Å². The van der Waals surface area contributed by atoms with E-state index in [-0.39, 0.29) is 18.2 Å². The van der Waals surface area contributed by atoms with Gasteiger partial charge in [0, 0.05) is 12.5 Å². The van der Waals surface area contributed by atoms with E-state index in [4.69, 9.17) is 0 Å². The van der Waals surface area contributed by atoms with Gasteiger partial charge in [-0.3, -0.25) is 0 Å². The summed E-state index contributed by atoms with van der Waals surface area (Å²) in [6, 6.07) is 4.68. The fraction of sp³-hybridized carbons (Fsp3) is 0.417. The number of nitrogens with one attached hydrogen (secondary N) is 2. The van der Waals surface area contributed by atoms with E-state index < -0.39 is 0 Å². The molecule has 3 rings (SSSR count). The Balaban J connectivity index is 0.00000108. The average Bonchev–Trinajstić information content (AvgIpc) is 2.73. The molecular weight excluding hydrogens is 241 g/mol. The van der Waals surface area contributed by atoms with E-state index in [1.54, 1.807) is 6.07 Å². The zero-order chi connectivity index (χ0) is 11.0. The van der Waals surface area contributed by atoms with Crippen LogP contribution >= 0.6 is 12.4 Å². The summed E-state index contributed by atoms with van der Waals surface area (Å²) >= 11 is 0. The van der Waals surface area contributed by atoms with Gasteiger partial charge in [0.05, 0.1) is 11.0 Å². The fourth-order valence-electron chi connectivity index (χ4n) is 2.28. The monoisotopic (exact) mass is 255 g/mol. The Labute approximate surface area is 105 Å². The molecule has 0 aliphatic carbocycles. The summed E-state index contributed by atoms with van der Waals surface area (Å²) < 4.78 is 13.0. The van der Waals surface area contributed by atoms with E-state index in [0.29, 0.717) is 5.92 Å². The van der Waals surface area contributed by atoms with Crippen molar-refractivity contribution in [3.8, 4) is 0 Å². The zero-order valence-corrected chi connectivity index (χ0v) is 10.2. The van der Waals surface area contributed by atoms with Crippen molar-refractivity contribution in [3.63, 3.8) is 0 Å². The number of rotatable bonds is 1. The number of halogens is 2. The van der Waals surface area contributed by atoms with Gasteiger partial charge in [-0.25, -0.2) is 9.37 Å². The van der Waals surface area contributed by atoms with Crippen molar-refractivity contribution in [2.45, 2.75) is 18.8 Å². The molecule has 3 nitrogen and oxygen atoms in total. The average molecular weight is 256 g/mol. The van der Waals surface area contributed by atoms with Gasteiger partial charge in [0.15, 0.2) is 0 Å². The maximum Gasteiger partial charge on any atom is 0.125 e. The minimum atomic E-state index is -0.218. The Morgan fingerprint density at radius 3 is 3.00 bits per heavy atom. The first-order valence-electron chi connectivity index (χ1n) is 5.69. The van der Waals surface area contributed by atoms with Crippen molar-refractivity contribution >= 4 is 23.4 Å². The Hall–Kier alpha value is -1.13. The van der Waals surface area contributed by atoms with E-state index in [1.165, 1.54) is 18.6 Å². The second-order valence-electron chi connectivity index (χ2n) is 4.33. The largest absolute Gasteiger partial charge is 0.342 e. The SMILES string of the molecule is Cl.Fc1ccc2nc(C3CCCNC3)[nH]c2c1. The number of H-pyrrole nitrogens is 1. The van der Waals surface area contributed by atoms with Gasteiger partial charge in [-0.2, -0.15) is 0 Å². The summed E-state index contributed by atoms with van der Waals surface area (Å²) in [5, 5.41) is 3.35. The lowest BCUT2D eigenvalue weighted by molar-refractivity contribution is 0.449. The molecule has 1 aromatic heterocycles. The van der Waals surface area contributed by atoms with Crippen LogP contribution in [0.4, 0.5) is 4.39 Å². The van der Waals surface area contributed by atoms with Gasteiger partial charge >= 0.3 is 0 Å². The summed E-state index contributed by atoms with van der Waals surface area (Å²) in [6.45, 7) is 2.05. The van der Waals surface area contributed by atoms with Gasteiger partial charge in [-0.05, 0) is 37.6 Å². The number of nitrogens with zero attached hydrogens (tertiary/aromatic N) is 1. The third-order valence-electron chi connectivity index (χ3n) is 3.15. The standard InChI is InChI=1S/C12H14FN3.ClH/c13-9-3-4-10-11(6-9)16-12(15-10)8-2-1-5-14-7-8;/h3-4,6,8,14H,1-2,5,7H2,(H,15,16);1H. The number of benzene rings is 1. The van der Waals surface area contributed by atoms with Crippen LogP contribution in [0, 0.1) is 5.82 Å². The molecule has 1 unspecified atom stereocenters. The van der Waals surface area contributed by atoms with Crippen molar-refractivity contribution in [1.29, 1.82) is 0 Å². The van der Waals surface area contributed by atoms with Crippen molar-refractivity contribution in [2.75, 3.05) is 13.1 Å². The molecule has 2 N–H and O–H groups in total.